The number of amides is 2. The summed E-state index contributed by atoms with van der Waals surface area (Å²) in [5.41, 5.74) is -0.919. The summed E-state index contributed by atoms with van der Waals surface area (Å²) < 4.78 is 4.85. The predicted octanol–water partition coefficient (Wildman–Crippen LogP) is 1.18. The fourth-order valence-electron chi connectivity index (χ4n) is 2.45. The third kappa shape index (κ3) is 4.34. The van der Waals surface area contributed by atoms with Gasteiger partial charge in [-0.2, -0.15) is 0 Å². The number of carboxylic acids is 1. The van der Waals surface area contributed by atoms with Crippen molar-refractivity contribution in [2.24, 2.45) is 5.41 Å². The first-order valence-corrected chi connectivity index (χ1v) is 7.27. The number of urea groups is 1. The van der Waals surface area contributed by atoms with Crippen molar-refractivity contribution in [2.75, 3.05) is 32.8 Å². The van der Waals surface area contributed by atoms with Gasteiger partial charge < -0.3 is 19.6 Å². The molecule has 1 unspecified atom stereocenters. The maximum atomic E-state index is 12.4. The molecule has 0 bridgehead atoms. The molecule has 1 heterocycles. The van der Waals surface area contributed by atoms with Gasteiger partial charge in [0.1, 0.15) is 6.54 Å². The maximum absolute atomic E-state index is 12.4. The minimum atomic E-state index is -0.919. The highest BCUT2D eigenvalue weighted by Gasteiger charge is 2.40. The van der Waals surface area contributed by atoms with Crippen molar-refractivity contribution in [3.63, 3.8) is 0 Å². The Morgan fingerprint density at radius 2 is 2.00 bits per heavy atom. The Hall–Kier alpha value is -1.79. The number of hydrogen-bond acceptors (Lipinski definition) is 4. The van der Waals surface area contributed by atoms with E-state index in [0.29, 0.717) is 25.9 Å². The van der Waals surface area contributed by atoms with Gasteiger partial charge in [-0.15, -0.1) is 0 Å². The van der Waals surface area contributed by atoms with Gasteiger partial charge in [-0.3, -0.25) is 9.59 Å². The molecular formula is C14H24N2O5. The van der Waals surface area contributed by atoms with Crippen LogP contribution in [0.3, 0.4) is 0 Å². The molecule has 0 radical (unpaired) electrons. The van der Waals surface area contributed by atoms with E-state index >= 15 is 0 Å². The Balaban J connectivity index is 2.71. The topological polar surface area (TPSA) is 87.2 Å². The van der Waals surface area contributed by atoms with Gasteiger partial charge in [0.25, 0.3) is 0 Å². The molecule has 0 saturated carbocycles. The Morgan fingerprint density at radius 1 is 1.33 bits per heavy atom. The number of likely N-dealkylation sites (N-methyl/N-ethyl adjacent to an activating group) is 1. The molecule has 2 amide bonds. The lowest BCUT2D eigenvalue weighted by Gasteiger charge is -2.39. The molecule has 120 valence electrons. The van der Waals surface area contributed by atoms with Crippen LogP contribution < -0.4 is 0 Å². The van der Waals surface area contributed by atoms with E-state index in [1.54, 1.807) is 20.8 Å². The average Bonchev–Trinajstić information content (AvgIpc) is 2.44. The molecule has 0 spiro atoms. The molecule has 1 atom stereocenters. The van der Waals surface area contributed by atoms with E-state index in [-0.39, 0.29) is 25.7 Å². The minimum absolute atomic E-state index is 0.108. The quantitative estimate of drug-likeness (QED) is 0.770. The molecule has 1 aliphatic heterocycles. The standard InChI is InChI=1S/C14H24N2O5/c1-4-15(9-11(17)21-5-2)13(20)16-8-6-7-14(3,10-16)12(18)19/h4-10H2,1-3H3,(H,18,19). The number of carbonyl (C=O) groups excluding carboxylic acids is 2. The normalized spacial score (nSPS) is 21.8. The third-order valence-corrected chi connectivity index (χ3v) is 3.76. The van der Waals surface area contributed by atoms with Gasteiger partial charge in [0.15, 0.2) is 0 Å². The van der Waals surface area contributed by atoms with E-state index < -0.39 is 17.4 Å². The number of piperidine rings is 1. The Bertz CT molecular complexity index is 412. The Kier molecular flexibility index (Phi) is 5.99. The van der Waals surface area contributed by atoms with E-state index in [9.17, 15) is 19.5 Å². The number of ether oxygens (including phenoxy) is 1. The van der Waals surface area contributed by atoms with Crippen LogP contribution in [0.4, 0.5) is 4.79 Å². The van der Waals surface area contributed by atoms with Gasteiger partial charge in [-0.25, -0.2) is 4.79 Å². The number of carbonyl (C=O) groups is 3. The number of likely N-dealkylation sites (tertiary alicyclic amines) is 1. The first-order chi connectivity index (χ1) is 9.84. The highest BCUT2D eigenvalue weighted by atomic mass is 16.5. The van der Waals surface area contributed by atoms with Crippen molar-refractivity contribution in [3.05, 3.63) is 0 Å². The lowest BCUT2D eigenvalue weighted by Crippen LogP contribution is -2.53. The number of esters is 1. The number of aliphatic carboxylic acids is 1. The Labute approximate surface area is 124 Å². The van der Waals surface area contributed by atoms with Crippen LogP contribution in [0.1, 0.15) is 33.6 Å². The molecule has 1 aliphatic rings. The van der Waals surface area contributed by atoms with Gasteiger partial charge >= 0.3 is 18.0 Å². The van der Waals surface area contributed by atoms with Gasteiger partial charge in [0.05, 0.1) is 12.0 Å². The lowest BCUT2D eigenvalue weighted by atomic mass is 9.82. The zero-order valence-corrected chi connectivity index (χ0v) is 12.9. The summed E-state index contributed by atoms with van der Waals surface area (Å²) in [5.74, 6) is -1.35. The van der Waals surface area contributed by atoms with Gasteiger partial charge in [0, 0.05) is 19.6 Å². The van der Waals surface area contributed by atoms with Crippen LogP contribution in [0.15, 0.2) is 0 Å². The third-order valence-electron chi connectivity index (χ3n) is 3.76. The van der Waals surface area contributed by atoms with Gasteiger partial charge in [0.2, 0.25) is 0 Å². The molecule has 1 N–H and O–H groups in total. The van der Waals surface area contributed by atoms with Crippen LogP contribution >= 0.6 is 0 Å². The minimum Gasteiger partial charge on any atom is -0.481 e. The number of carboxylic acid groups (broad SMARTS) is 1. The van der Waals surface area contributed by atoms with Crippen LogP contribution in [-0.2, 0) is 14.3 Å². The summed E-state index contributed by atoms with van der Waals surface area (Å²) in [4.78, 5) is 38.2. The summed E-state index contributed by atoms with van der Waals surface area (Å²) in [5, 5.41) is 9.28. The van der Waals surface area contributed by atoms with Crippen molar-refractivity contribution >= 4 is 18.0 Å². The summed E-state index contributed by atoms with van der Waals surface area (Å²) in [6.45, 7) is 6.35. The highest BCUT2D eigenvalue weighted by Crippen LogP contribution is 2.30. The molecule has 7 heteroatoms. The van der Waals surface area contributed by atoms with E-state index in [1.165, 1.54) is 9.80 Å². The van der Waals surface area contributed by atoms with Crippen LogP contribution in [-0.4, -0.2) is 65.7 Å². The Morgan fingerprint density at radius 3 is 2.52 bits per heavy atom. The van der Waals surface area contributed by atoms with E-state index in [0.717, 1.165) is 0 Å². The summed E-state index contributed by atoms with van der Waals surface area (Å²) >= 11 is 0. The predicted molar refractivity (Wildman–Crippen MR) is 75.8 cm³/mol. The summed E-state index contributed by atoms with van der Waals surface area (Å²) in [6, 6.07) is -0.308. The van der Waals surface area contributed by atoms with Crippen LogP contribution in [0.5, 0.6) is 0 Å². The first kappa shape index (κ1) is 17.3. The molecule has 0 aromatic rings. The second-order valence-corrected chi connectivity index (χ2v) is 5.49. The largest absolute Gasteiger partial charge is 0.481 e. The molecule has 0 aromatic heterocycles. The van der Waals surface area contributed by atoms with Crippen molar-refractivity contribution < 1.29 is 24.2 Å². The first-order valence-electron chi connectivity index (χ1n) is 7.27. The van der Waals surface area contributed by atoms with E-state index in [4.69, 9.17) is 4.74 Å². The lowest BCUT2D eigenvalue weighted by molar-refractivity contribution is -0.151. The molecule has 0 aromatic carbocycles. The molecule has 0 aliphatic carbocycles. The van der Waals surface area contributed by atoms with E-state index in [1.807, 2.05) is 0 Å². The number of nitrogens with zero attached hydrogens (tertiary/aromatic N) is 2. The monoisotopic (exact) mass is 300 g/mol. The van der Waals surface area contributed by atoms with Crippen LogP contribution in [0.2, 0.25) is 0 Å². The molecule has 1 fully saturated rings. The molecule has 21 heavy (non-hydrogen) atoms. The molecular weight excluding hydrogens is 276 g/mol. The van der Waals surface area contributed by atoms with Gasteiger partial charge in [-0.05, 0) is 33.6 Å². The second-order valence-electron chi connectivity index (χ2n) is 5.49. The zero-order chi connectivity index (χ0) is 16.0. The van der Waals surface area contributed by atoms with Gasteiger partial charge in [-0.1, -0.05) is 0 Å². The fourth-order valence-corrected chi connectivity index (χ4v) is 2.45. The van der Waals surface area contributed by atoms with E-state index in [2.05, 4.69) is 0 Å². The SMILES string of the molecule is CCOC(=O)CN(CC)C(=O)N1CCCC(C)(C(=O)O)C1. The smallest absolute Gasteiger partial charge is 0.325 e. The van der Waals surface area contributed by atoms with Crippen molar-refractivity contribution in [1.82, 2.24) is 9.80 Å². The van der Waals surface area contributed by atoms with Crippen LogP contribution in [0, 0.1) is 5.41 Å². The van der Waals surface area contributed by atoms with Crippen LogP contribution in [0.25, 0.3) is 0 Å². The fraction of sp³-hybridized carbons (Fsp3) is 0.786. The summed E-state index contributed by atoms with van der Waals surface area (Å²) in [6.07, 6.45) is 1.20. The van der Waals surface area contributed by atoms with Crippen molar-refractivity contribution in [3.8, 4) is 0 Å². The number of hydrogen-bond donors (Lipinski definition) is 1. The van der Waals surface area contributed by atoms with Crippen molar-refractivity contribution in [2.45, 2.75) is 33.6 Å². The summed E-state index contributed by atoms with van der Waals surface area (Å²) in [7, 11) is 0. The molecule has 1 saturated heterocycles. The molecule has 1 rings (SSSR count). The second kappa shape index (κ2) is 7.28. The highest BCUT2D eigenvalue weighted by molar-refractivity contribution is 5.82. The van der Waals surface area contributed by atoms with Crippen molar-refractivity contribution in [1.29, 1.82) is 0 Å². The zero-order valence-electron chi connectivity index (χ0n) is 12.9. The maximum Gasteiger partial charge on any atom is 0.325 e. The average molecular weight is 300 g/mol. The molecule has 7 nitrogen and oxygen atoms in total. The number of rotatable bonds is 5.